The fraction of sp³-hybridized carbons (Fsp3) is 0.640. The Morgan fingerprint density at radius 3 is 2.79 bits per heavy atom. The third kappa shape index (κ3) is 2.10. The Bertz CT molecular complexity index is 1370. The van der Waals surface area contributed by atoms with Gasteiger partial charge in [-0.3, -0.25) is 9.13 Å². The van der Waals surface area contributed by atoms with Crippen molar-refractivity contribution in [3.8, 4) is 0 Å². The molecule has 6 aliphatic rings. The number of imidazole rings is 1. The predicted molar refractivity (Wildman–Crippen MR) is 126 cm³/mol. The van der Waals surface area contributed by atoms with E-state index in [1.54, 1.807) is 10.8 Å². The molecule has 178 valence electrons. The Hall–Kier alpha value is -2.16. The van der Waals surface area contributed by atoms with Gasteiger partial charge in [0.15, 0.2) is 5.65 Å². The van der Waals surface area contributed by atoms with E-state index in [4.69, 9.17) is 26.1 Å². The zero-order chi connectivity index (χ0) is 23.0. The van der Waals surface area contributed by atoms with Crippen LogP contribution in [0.15, 0.2) is 33.9 Å². The van der Waals surface area contributed by atoms with E-state index in [0.29, 0.717) is 34.4 Å². The molecule has 1 aliphatic heterocycles. The molecule has 8 nitrogen and oxygen atoms in total. The van der Waals surface area contributed by atoms with Crippen LogP contribution in [0, 0.1) is 23.2 Å². The van der Waals surface area contributed by atoms with E-state index in [9.17, 15) is 4.79 Å². The van der Waals surface area contributed by atoms with Crippen molar-refractivity contribution in [1.29, 1.82) is 0 Å². The van der Waals surface area contributed by atoms with Crippen molar-refractivity contribution in [2.75, 3.05) is 19.0 Å². The number of methoxy groups -OCH3 is 1. The molecule has 4 unspecified atom stereocenters. The number of aryl methyl sites for hydroxylation is 1. The maximum Gasteiger partial charge on any atom is 0.330 e. The van der Waals surface area contributed by atoms with Gasteiger partial charge in [-0.1, -0.05) is 17.7 Å². The van der Waals surface area contributed by atoms with E-state index < -0.39 is 0 Å². The number of nitrogens with one attached hydrogen (secondary N) is 1. The second-order valence-electron chi connectivity index (χ2n) is 11.4. The van der Waals surface area contributed by atoms with Crippen LogP contribution < -0.4 is 11.0 Å². The van der Waals surface area contributed by atoms with Crippen LogP contribution in [0.25, 0.3) is 11.2 Å². The average molecular weight is 482 g/mol. The summed E-state index contributed by atoms with van der Waals surface area (Å²) in [4.78, 5) is 23.0. The predicted octanol–water partition coefficient (Wildman–Crippen LogP) is 3.27. The van der Waals surface area contributed by atoms with Gasteiger partial charge in [-0.15, -0.1) is 0 Å². The van der Waals surface area contributed by atoms with E-state index in [2.05, 4.69) is 16.4 Å². The molecule has 2 bridgehead atoms. The summed E-state index contributed by atoms with van der Waals surface area (Å²) < 4.78 is 15.5. The molecule has 0 aromatic carbocycles. The van der Waals surface area contributed by atoms with Crippen LogP contribution in [0.1, 0.15) is 38.5 Å². The monoisotopic (exact) mass is 481 g/mol. The van der Waals surface area contributed by atoms with Crippen molar-refractivity contribution in [2.45, 2.75) is 55.8 Å². The Morgan fingerprint density at radius 1 is 1.24 bits per heavy atom. The molecule has 9 heteroatoms. The highest BCUT2D eigenvalue weighted by Crippen LogP contribution is 2.86. The molecule has 0 amide bonds. The van der Waals surface area contributed by atoms with Crippen molar-refractivity contribution in [1.82, 2.24) is 19.1 Å². The number of ether oxygens (including phenoxy) is 2. The van der Waals surface area contributed by atoms with Gasteiger partial charge in [-0.2, -0.15) is 4.98 Å². The number of fused-ring (bicyclic) bond motifs is 3. The second-order valence-corrected chi connectivity index (χ2v) is 11.8. The van der Waals surface area contributed by atoms with Crippen LogP contribution in [0.5, 0.6) is 0 Å². The summed E-state index contributed by atoms with van der Waals surface area (Å²) in [6.07, 6.45) is 12.2. The molecule has 5 fully saturated rings. The zero-order valence-corrected chi connectivity index (χ0v) is 20.1. The number of rotatable bonds is 4. The van der Waals surface area contributed by atoms with E-state index >= 15 is 0 Å². The minimum atomic E-state index is -0.176. The van der Waals surface area contributed by atoms with Crippen molar-refractivity contribution < 1.29 is 9.47 Å². The van der Waals surface area contributed by atoms with Gasteiger partial charge in [0, 0.05) is 32.1 Å². The Kier molecular flexibility index (Phi) is 3.63. The molecule has 2 aromatic heterocycles. The SMILES string of the molecule is COC12CC3CC4(n5c(=O)n(C)c6cnc(NC7=CC8CCOC8C=C7Cl)nc65)CC(C1)C32C4. The van der Waals surface area contributed by atoms with Gasteiger partial charge in [-0.05, 0) is 56.4 Å². The lowest BCUT2D eigenvalue weighted by atomic mass is 9.35. The Balaban J connectivity index is 1.21. The standard InChI is InChI=1S/C25H28ClN5O3/c1-30-18-11-27-21(28-17-5-13-3-4-34-19(13)6-16(17)26)29-20(18)31(22(30)32)23-7-14-9-24(33-2)10-15(8-23)25(14,24)12-23/h5-6,11,13-15,19H,3-4,7-10,12H2,1-2H3,(H,27,28,29). The third-order valence-corrected chi connectivity index (χ3v) is 10.7. The molecule has 8 rings (SSSR count). The number of hydrogen-bond acceptors (Lipinski definition) is 6. The van der Waals surface area contributed by atoms with E-state index in [1.807, 2.05) is 24.8 Å². The van der Waals surface area contributed by atoms with E-state index in [1.165, 1.54) is 0 Å². The number of halogens is 1. The molecule has 4 saturated carbocycles. The van der Waals surface area contributed by atoms with Crippen LogP contribution in [-0.2, 0) is 22.1 Å². The maximum atomic E-state index is 13.6. The lowest BCUT2D eigenvalue weighted by Crippen LogP contribution is -2.74. The summed E-state index contributed by atoms with van der Waals surface area (Å²) in [7, 11) is 3.69. The van der Waals surface area contributed by atoms with Gasteiger partial charge >= 0.3 is 5.69 Å². The van der Waals surface area contributed by atoms with Crippen LogP contribution in [0.2, 0.25) is 0 Å². The first-order chi connectivity index (χ1) is 16.4. The lowest BCUT2D eigenvalue weighted by molar-refractivity contribution is -0.317. The zero-order valence-electron chi connectivity index (χ0n) is 19.4. The first-order valence-electron chi connectivity index (χ1n) is 12.4. The number of allylic oxidation sites excluding steroid dienone is 1. The highest BCUT2D eigenvalue weighted by Gasteiger charge is 2.85. The molecular formula is C25H28ClN5O3. The van der Waals surface area contributed by atoms with Crippen LogP contribution in [-0.4, -0.2) is 44.5 Å². The first-order valence-corrected chi connectivity index (χ1v) is 12.8. The maximum absolute atomic E-state index is 13.6. The van der Waals surface area contributed by atoms with Crippen molar-refractivity contribution in [3.63, 3.8) is 0 Å². The van der Waals surface area contributed by atoms with Crippen molar-refractivity contribution in [3.05, 3.63) is 39.6 Å². The molecule has 3 heterocycles. The Labute approximate surface area is 202 Å². The van der Waals surface area contributed by atoms with Crippen molar-refractivity contribution in [2.24, 2.45) is 30.2 Å². The number of aromatic nitrogens is 4. The molecule has 34 heavy (non-hydrogen) atoms. The fourth-order valence-electron chi connectivity index (χ4n) is 9.03. The van der Waals surface area contributed by atoms with Gasteiger partial charge in [-0.25, -0.2) is 9.78 Å². The van der Waals surface area contributed by atoms with Crippen LogP contribution in [0.3, 0.4) is 0 Å². The minimum absolute atomic E-state index is 0.00391. The molecule has 2 aromatic rings. The minimum Gasteiger partial charge on any atom is -0.378 e. The van der Waals surface area contributed by atoms with Gasteiger partial charge in [0.05, 0.1) is 34.2 Å². The highest BCUT2D eigenvalue weighted by molar-refractivity contribution is 6.32. The highest BCUT2D eigenvalue weighted by atomic mass is 35.5. The van der Waals surface area contributed by atoms with Gasteiger partial charge in [0.2, 0.25) is 5.95 Å². The molecule has 0 radical (unpaired) electrons. The average Bonchev–Trinajstić information content (AvgIpc) is 3.52. The summed E-state index contributed by atoms with van der Waals surface area (Å²) in [6, 6.07) is 0. The summed E-state index contributed by atoms with van der Waals surface area (Å²) in [6.45, 7) is 0.744. The summed E-state index contributed by atoms with van der Waals surface area (Å²) in [5.74, 6) is 2.08. The largest absolute Gasteiger partial charge is 0.378 e. The molecule has 1 saturated heterocycles. The second kappa shape index (κ2) is 6.15. The lowest BCUT2D eigenvalue weighted by Gasteiger charge is -2.73. The molecule has 1 spiro atoms. The quantitative estimate of drug-likeness (QED) is 0.721. The van der Waals surface area contributed by atoms with Gasteiger partial charge < -0.3 is 14.8 Å². The number of hydrogen-bond donors (Lipinski definition) is 1. The van der Waals surface area contributed by atoms with Crippen LogP contribution in [0.4, 0.5) is 5.95 Å². The fourth-order valence-corrected chi connectivity index (χ4v) is 9.27. The number of anilines is 1. The topological polar surface area (TPSA) is 83.2 Å². The van der Waals surface area contributed by atoms with Crippen LogP contribution >= 0.6 is 11.6 Å². The van der Waals surface area contributed by atoms with Gasteiger partial charge in [0.25, 0.3) is 0 Å². The normalized spacial score (nSPS) is 43.1. The summed E-state index contributed by atoms with van der Waals surface area (Å²) in [5, 5.41) is 3.94. The summed E-state index contributed by atoms with van der Waals surface area (Å²) >= 11 is 6.54. The smallest absolute Gasteiger partial charge is 0.330 e. The Morgan fingerprint density at radius 2 is 2.03 bits per heavy atom. The van der Waals surface area contributed by atoms with Crippen molar-refractivity contribution >= 4 is 28.7 Å². The first kappa shape index (κ1) is 20.1. The van der Waals surface area contributed by atoms with E-state index in [-0.39, 0.29) is 28.3 Å². The molecular weight excluding hydrogens is 454 g/mol. The number of nitrogens with zero attached hydrogens (tertiary/aromatic N) is 4. The van der Waals surface area contributed by atoms with Gasteiger partial charge in [0.1, 0.15) is 5.52 Å². The summed E-state index contributed by atoms with van der Waals surface area (Å²) in [5.41, 5.74) is 2.43. The molecule has 4 atom stereocenters. The third-order valence-electron chi connectivity index (χ3n) is 10.4. The van der Waals surface area contributed by atoms with E-state index in [0.717, 1.165) is 56.3 Å². The molecule has 5 aliphatic carbocycles. The molecule has 1 N–H and O–H groups in total.